The molecular formula is C20H25ClN6O2S. The van der Waals surface area contributed by atoms with Crippen molar-refractivity contribution in [2.45, 2.75) is 53.0 Å². The molecule has 160 valence electrons. The van der Waals surface area contributed by atoms with Gasteiger partial charge in [0, 0.05) is 25.1 Å². The summed E-state index contributed by atoms with van der Waals surface area (Å²) in [6, 6.07) is 1.89. The molecule has 4 heterocycles. The van der Waals surface area contributed by atoms with E-state index in [1.54, 1.807) is 0 Å². The van der Waals surface area contributed by atoms with Gasteiger partial charge in [0.15, 0.2) is 5.76 Å². The Balaban J connectivity index is 1.47. The molecule has 0 radical (unpaired) electrons. The first-order valence-corrected chi connectivity index (χ1v) is 11.2. The van der Waals surface area contributed by atoms with Crippen LogP contribution in [-0.4, -0.2) is 48.4 Å². The first-order valence-electron chi connectivity index (χ1n) is 10.1. The molecule has 0 aliphatic carbocycles. The molecule has 1 fully saturated rings. The van der Waals surface area contributed by atoms with Crippen molar-refractivity contribution < 1.29 is 9.32 Å². The first kappa shape index (κ1) is 21.0. The van der Waals surface area contributed by atoms with Crippen molar-refractivity contribution >= 4 is 29.0 Å². The molecule has 0 N–H and O–H groups in total. The maximum absolute atomic E-state index is 13.2. The second kappa shape index (κ2) is 8.47. The van der Waals surface area contributed by atoms with Gasteiger partial charge in [0.1, 0.15) is 4.88 Å². The third kappa shape index (κ3) is 4.00. The van der Waals surface area contributed by atoms with Gasteiger partial charge in [0.2, 0.25) is 5.91 Å². The number of rotatable bonds is 5. The number of halogens is 1. The van der Waals surface area contributed by atoms with Crippen LogP contribution in [0.1, 0.15) is 48.5 Å². The lowest BCUT2D eigenvalue weighted by Crippen LogP contribution is -2.42. The van der Waals surface area contributed by atoms with Crippen molar-refractivity contribution in [3.8, 4) is 10.6 Å². The average Bonchev–Trinajstić information content (AvgIpc) is 3.44. The third-order valence-electron chi connectivity index (χ3n) is 5.65. The number of nitrogens with zero attached hydrogens (tertiary/aromatic N) is 6. The highest BCUT2D eigenvalue weighted by molar-refractivity contribution is 7.09. The summed E-state index contributed by atoms with van der Waals surface area (Å²) in [6.07, 6.45) is 1.90. The molecule has 8 nitrogen and oxygen atoms in total. The average molecular weight is 449 g/mol. The largest absolute Gasteiger partial charge is 0.355 e. The molecule has 0 bridgehead atoms. The third-order valence-corrected chi connectivity index (χ3v) is 6.95. The van der Waals surface area contributed by atoms with E-state index in [0.717, 1.165) is 47.0 Å². The maximum Gasteiger partial charge on any atom is 0.227 e. The number of likely N-dealkylation sites (tertiary alicyclic amines) is 1. The van der Waals surface area contributed by atoms with E-state index in [2.05, 4.69) is 19.8 Å². The molecule has 0 aromatic carbocycles. The number of hydrogen-bond acceptors (Lipinski definition) is 7. The van der Waals surface area contributed by atoms with Gasteiger partial charge in [-0.1, -0.05) is 28.2 Å². The van der Waals surface area contributed by atoms with E-state index in [9.17, 15) is 4.79 Å². The van der Waals surface area contributed by atoms with Crippen molar-refractivity contribution in [1.29, 1.82) is 0 Å². The molecule has 3 aromatic heterocycles. The predicted molar refractivity (Wildman–Crippen MR) is 115 cm³/mol. The van der Waals surface area contributed by atoms with Crippen molar-refractivity contribution in [1.82, 2.24) is 29.4 Å². The molecule has 3 aromatic rings. The van der Waals surface area contributed by atoms with Crippen molar-refractivity contribution in [3.63, 3.8) is 0 Å². The fourth-order valence-corrected chi connectivity index (χ4v) is 4.84. The molecule has 2 unspecified atom stereocenters. The lowest BCUT2D eigenvalue weighted by molar-refractivity contribution is -0.136. The van der Waals surface area contributed by atoms with Crippen LogP contribution < -0.4 is 0 Å². The van der Waals surface area contributed by atoms with Crippen LogP contribution in [0.3, 0.4) is 0 Å². The van der Waals surface area contributed by atoms with Gasteiger partial charge < -0.3 is 9.42 Å². The number of aryl methyl sites for hydroxylation is 2. The number of carbonyl (C=O) groups is 1. The molecule has 2 atom stereocenters. The topological polar surface area (TPSA) is 89.9 Å². The molecule has 1 amide bonds. The quantitative estimate of drug-likeness (QED) is 0.585. The predicted octanol–water partition coefficient (Wildman–Crippen LogP) is 4.01. The van der Waals surface area contributed by atoms with Gasteiger partial charge in [-0.2, -0.15) is 5.10 Å². The van der Waals surface area contributed by atoms with Crippen molar-refractivity contribution in [2.24, 2.45) is 5.92 Å². The SMILES string of the molecule is Cc1cc(-c2snnc2C2CCCN(C(=O)C(C)Cn3nc(C)c(Cl)c3C)C2)on1. The van der Waals surface area contributed by atoms with Crippen LogP contribution >= 0.6 is 23.1 Å². The lowest BCUT2D eigenvalue weighted by Gasteiger charge is -2.34. The summed E-state index contributed by atoms with van der Waals surface area (Å²) in [5, 5.41) is 13.5. The number of carbonyl (C=O) groups excluding carboxylic acids is 1. The van der Waals surface area contributed by atoms with Crippen LogP contribution in [0.15, 0.2) is 10.6 Å². The van der Waals surface area contributed by atoms with Crippen LogP contribution in [0.25, 0.3) is 10.6 Å². The lowest BCUT2D eigenvalue weighted by atomic mass is 9.93. The Morgan fingerprint density at radius 1 is 1.40 bits per heavy atom. The molecule has 4 rings (SSSR count). The molecule has 10 heteroatoms. The second-order valence-corrected chi connectivity index (χ2v) is 9.14. The summed E-state index contributed by atoms with van der Waals surface area (Å²) in [5.41, 5.74) is 3.40. The Hall–Kier alpha value is -2.26. The Bertz CT molecular complexity index is 1060. The highest BCUT2D eigenvalue weighted by atomic mass is 35.5. The molecule has 1 aliphatic heterocycles. The number of aromatic nitrogens is 5. The van der Waals surface area contributed by atoms with E-state index in [0.29, 0.717) is 23.9 Å². The first-order chi connectivity index (χ1) is 14.3. The number of piperidine rings is 1. The van der Waals surface area contributed by atoms with E-state index in [-0.39, 0.29) is 17.7 Å². The fraction of sp³-hybridized carbons (Fsp3) is 0.550. The Kier molecular flexibility index (Phi) is 5.92. The van der Waals surface area contributed by atoms with E-state index in [1.165, 1.54) is 11.5 Å². The summed E-state index contributed by atoms with van der Waals surface area (Å²) >= 11 is 7.56. The van der Waals surface area contributed by atoms with Gasteiger partial charge in [0.25, 0.3) is 0 Å². The highest BCUT2D eigenvalue weighted by Crippen LogP contribution is 2.36. The molecule has 1 saturated heterocycles. The summed E-state index contributed by atoms with van der Waals surface area (Å²) < 4.78 is 11.4. The Morgan fingerprint density at radius 3 is 2.87 bits per heavy atom. The van der Waals surface area contributed by atoms with E-state index >= 15 is 0 Å². The molecular weight excluding hydrogens is 424 g/mol. The minimum atomic E-state index is -0.192. The van der Waals surface area contributed by atoms with Gasteiger partial charge in [-0.3, -0.25) is 9.48 Å². The van der Waals surface area contributed by atoms with Crippen LogP contribution in [0, 0.1) is 26.7 Å². The van der Waals surface area contributed by atoms with E-state index < -0.39 is 0 Å². The monoisotopic (exact) mass is 448 g/mol. The minimum absolute atomic E-state index is 0.128. The van der Waals surface area contributed by atoms with E-state index in [1.807, 2.05) is 43.3 Å². The van der Waals surface area contributed by atoms with Crippen LogP contribution in [0.4, 0.5) is 0 Å². The standard InChI is InChI=1S/C20H25ClN6O2S/c1-11(9-27-14(4)17(21)13(3)23-27)20(28)26-7-5-6-15(10-26)18-19(30-25-22-18)16-8-12(2)24-29-16/h8,11,15H,5-7,9-10H2,1-4H3. The van der Waals surface area contributed by atoms with Gasteiger partial charge in [-0.25, -0.2) is 0 Å². The zero-order valence-electron chi connectivity index (χ0n) is 17.6. The van der Waals surface area contributed by atoms with E-state index in [4.69, 9.17) is 16.1 Å². The summed E-state index contributed by atoms with van der Waals surface area (Å²) in [5.74, 6) is 0.763. The van der Waals surface area contributed by atoms with Crippen molar-refractivity contribution in [3.05, 3.63) is 33.9 Å². The maximum atomic E-state index is 13.2. The summed E-state index contributed by atoms with van der Waals surface area (Å²) in [6.45, 7) is 9.54. The molecule has 30 heavy (non-hydrogen) atoms. The molecule has 1 aliphatic rings. The molecule has 0 saturated carbocycles. The minimum Gasteiger partial charge on any atom is -0.355 e. The zero-order chi connectivity index (χ0) is 21.4. The number of hydrogen-bond donors (Lipinski definition) is 0. The van der Waals surface area contributed by atoms with Crippen LogP contribution in [0.2, 0.25) is 5.02 Å². The molecule has 0 spiro atoms. The van der Waals surface area contributed by atoms with Crippen molar-refractivity contribution in [2.75, 3.05) is 13.1 Å². The van der Waals surface area contributed by atoms with Gasteiger partial charge in [-0.05, 0) is 45.1 Å². The van der Waals surface area contributed by atoms with Gasteiger partial charge in [-0.15, -0.1) is 5.10 Å². The zero-order valence-corrected chi connectivity index (χ0v) is 19.1. The second-order valence-electron chi connectivity index (χ2n) is 8.01. The highest BCUT2D eigenvalue weighted by Gasteiger charge is 2.31. The summed E-state index contributed by atoms with van der Waals surface area (Å²) in [7, 11) is 0. The Labute approximate surface area is 184 Å². The smallest absolute Gasteiger partial charge is 0.227 e. The van der Waals surface area contributed by atoms with Gasteiger partial charge in [0.05, 0.1) is 40.3 Å². The van der Waals surface area contributed by atoms with Gasteiger partial charge >= 0.3 is 0 Å². The normalized spacial score (nSPS) is 18.0. The fourth-order valence-electron chi connectivity index (χ4n) is 4.01. The summed E-state index contributed by atoms with van der Waals surface area (Å²) in [4.78, 5) is 16.0. The Morgan fingerprint density at radius 2 is 2.20 bits per heavy atom. The number of amides is 1. The van der Waals surface area contributed by atoms with Crippen LogP contribution in [-0.2, 0) is 11.3 Å². The van der Waals surface area contributed by atoms with Crippen LogP contribution in [0.5, 0.6) is 0 Å².